The van der Waals surface area contributed by atoms with Gasteiger partial charge >= 0.3 is 0 Å². The van der Waals surface area contributed by atoms with Crippen LogP contribution in [-0.4, -0.2) is 25.3 Å². The smallest absolute Gasteiger partial charge is 0.0629 e. The minimum Gasteiger partial charge on any atom is -0.374 e. The maximum Gasteiger partial charge on any atom is 0.0629 e. The Bertz CT molecular complexity index is 346. The number of benzene rings is 1. The van der Waals surface area contributed by atoms with Crippen molar-refractivity contribution < 1.29 is 4.74 Å². The van der Waals surface area contributed by atoms with Gasteiger partial charge in [-0.15, -0.1) is 0 Å². The molecule has 1 aromatic carbocycles. The van der Waals surface area contributed by atoms with E-state index in [1.54, 1.807) is 0 Å². The highest BCUT2D eigenvalue weighted by atomic mass is 79.9. The molecule has 0 amide bonds. The molecule has 0 spiro atoms. The quantitative estimate of drug-likeness (QED) is 0.900. The van der Waals surface area contributed by atoms with Crippen molar-refractivity contribution in [2.45, 2.75) is 38.8 Å². The summed E-state index contributed by atoms with van der Waals surface area (Å²) in [6.07, 6.45) is 0.978. The van der Waals surface area contributed by atoms with Gasteiger partial charge in [0.1, 0.15) is 0 Å². The van der Waals surface area contributed by atoms with Crippen molar-refractivity contribution in [1.82, 2.24) is 5.32 Å². The predicted octanol–water partition coefficient (Wildman–Crippen LogP) is 3.39. The molecular formula is C14H22BrNO. The molecule has 0 aromatic heterocycles. The largest absolute Gasteiger partial charge is 0.374 e. The summed E-state index contributed by atoms with van der Waals surface area (Å²) in [5.74, 6) is 0. The Morgan fingerprint density at radius 3 is 2.59 bits per heavy atom. The van der Waals surface area contributed by atoms with Gasteiger partial charge in [0.05, 0.1) is 12.2 Å². The molecule has 0 heterocycles. The lowest BCUT2D eigenvalue weighted by Crippen LogP contribution is -2.36. The molecule has 0 aliphatic carbocycles. The van der Waals surface area contributed by atoms with E-state index in [2.05, 4.69) is 60.2 Å². The summed E-state index contributed by atoms with van der Waals surface area (Å²) in [6.45, 7) is 6.98. The van der Waals surface area contributed by atoms with Crippen LogP contribution in [0.4, 0.5) is 0 Å². The van der Waals surface area contributed by atoms with Crippen LogP contribution in [0.3, 0.4) is 0 Å². The van der Waals surface area contributed by atoms with Crippen molar-refractivity contribution >= 4 is 15.9 Å². The molecule has 0 fully saturated rings. The average Bonchev–Trinajstić information content (AvgIpc) is 2.23. The van der Waals surface area contributed by atoms with Crippen LogP contribution in [0.1, 0.15) is 26.3 Å². The molecule has 0 saturated carbocycles. The molecule has 0 radical (unpaired) electrons. The van der Waals surface area contributed by atoms with Crippen molar-refractivity contribution in [1.29, 1.82) is 0 Å². The molecule has 2 nitrogen and oxygen atoms in total. The van der Waals surface area contributed by atoms with Crippen LogP contribution < -0.4 is 5.32 Å². The molecular weight excluding hydrogens is 278 g/mol. The lowest BCUT2D eigenvalue weighted by molar-refractivity contribution is -0.0134. The van der Waals surface area contributed by atoms with E-state index >= 15 is 0 Å². The summed E-state index contributed by atoms with van der Waals surface area (Å²) in [7, 11) is 1.98. The van der Waals surface area contributed by atoms with Crippen LogP contribution in [0, 0.1) is 0 Å². The average molecular weight is 300 g/mol. The molecule has 0 bridgehead atoms. The number of nitrogens with one attached hydrogen (secondary N) is 1. The zero-order chi connectivity index (χ0) is 12.9. The summed E-state index contributed by atoms with van der Waals surface area (Å²) in [6, 6.07) is 8.76. The Balaban J connectivity index is 2.52. The molecule has 0 aliphatic heterocycles. The number of ether oxygens (including phenoxy) is 1. The minimum atomic E-state index is -0.0770. The third kappa shape index (κ3) is 6.20. The molecule has 1 unspecified atom stereocenters. The lowest BCUT2D eigenvalue weighted by atomic mass is 10.1. The van der Waals surface area contributed by atoms with E-state index in [9.17, 15) is 0 Å². The van der Waals surface area contributed by atoms with Gasteiger partial charge in [-0.05, 0) is 51.9 Å². The van der Waals surface area contributed by atoms with Gasteiger partial charge < -0.3 is 10.1 Å². The lowest BCUT2D eigenvalue weighted by Gasteiger charge is -2.24. The van der Waals surface area contributed by atoms with Gasteiger partial charge in [0.25, 0.3) is 0 Å². The van der Waals surface area contributed by atoms with Crippen LogP contribution in [0.15, 0.2) is 28.7 Å². The first kappa shape index (κ1) is 14.7. The van der Waals surface area contributed by atoms with E-state index < -0.39 is 0 Å². The van der Waals surface area contributed by atoms with E-state index in [4.69, 9.17) is 4.74 Å². The molecule has 1 rings (SSSR count). The minimum absolute atomic E-state index is 0.0770. The third-order valence-corrected chi connectivity index (χ3v) is 2.99. The van der Waals surface area contributed by atoms with Gasteiger partial charge in [-0.2, -0.15) is 0 Å². The number of hydrogen-bond acceptors (Lipinski definition) is 2. The zero-order valence-electron chi connectivity index (χ0n) is 11.1. The van der Waals surface area contributed by atoms with E-state index in [1.807, 2.05) is 13.1 Å². The molecule has 1 aromatic rings. The topological polar surface area (TPSA) is 21.3 Å². The fourth-order valence-electron chi connectivity index (χ4n) is 1.54. The fraction of sp³-hybridized carbons (Fsp3) is 0.571. The SMILES string of the molecule is CNC(COC(C)(C)C)Cc1cccc(Br)c1. The van der Waals surface area contributed by atoms with Crippen LogP contribution in [0.25, 0.3) is 0 Å². The van der Waals surface area contributed by atoms with E-state index in [0.29, 0.717) is 6.04 Å². The molecule has 3 heteroatoms. The Labute approximate surface area is 113 Å². The third-order valence-electron chi connectivity index (χ3n) is 2.50. The number of hydrogen-bond donors (Lipinski definition) is 1. The summed E-state index contributed by atoms with van der Waals surface area (Å²) in [5.41, 5.74) is 1.24. The number of likely N-dealkylation sites (N-methyl/N-ethyl adjacent to an activating group) is 1. The Kier molecular flexibility index (Phi) is 5.63. The first-order chi connectivity index (χ1) is 7.90. The van der Waals surface area contributed by atoms with E-state index in [1.165, 1.54) is 5.56 Å². The Morgan fingerprint density at radius 2 is 2.06 bits per heavy atom. The maximum atomic E-state index is 5.81. The van der Waals surface area contributed by atoms with Crippen molar-refractivity contribution in [3.63, 3.8) is 0 Å². The van der Waals surface area contributed by atoms with Gasteiger partial charge in [-0.1, -0.05) is 28.1 Å². The zero-order valence-corrected chi connectivity index (χ0v) is 12.7. The normalized spacial score (nSPS) is 13.7. The van der Waals surface area contributed by atoms with Gasteiger partial charge in [0, 0.05) is 10.5 Å². The highest BCUT2D eigenvalue weighted by Crippen LogP contribution is 2.14. The highest BCUT2D eigenvalue weighted by molar-refractivity contribution is 9.10. The molecule has 1 atom stereocenters. The van der Waals surface area contributed by atoms with Crippen molar-refractivity contribution in [3.05, 3.63) is 34.3 Å². The number of rotatable bonds is 5. The highest BCUT2D eigenvalue weighted by Gasteiger charge is 2.14. The van der Waals surface area contributed by atoms with Crippen molar-refractivity contribution in [2.24, 2.45) is 0 Å². The molecule has 0 saturated heterocycles. The van der Waals surface area contributed by atoms with E-state index in [-0.39, 0.29) is 5.60 Å². The summed E-state index contributed by atoms with van der Waals surface area (Å²) >= 11 is 3.49. The monoisotopic (exact) mass is 299 g/mol. The Hall–Kier alpha value is -0.380. The van der Waals surface area contributed by atoms with Crippen LogP contribution in [-0.2, 0) is 11.2 Å². The van der Waals surface area contributed by atoms with Gasteiger partial charge in [-0.25, -0.2) is 0 Å². The van der Waals surface area contributed by atoms with Crippen LogP contribution in [0.2, 0.25) is 0 Å². The molecule has 17 heavy (non-hydrogen) atoms. The van der Waals surface area contributed by atoms with Crippen LogP contribution in [0.5, 0.6) is 0 Å². The second-order valence-electron chi connectivity index (χ2n) is 5.24. The first-order valence-electron chi connectivity index (χ1n) is 5.96. The summed E-state index contributed by atoms with van der Waals surface area (Å²) < 4.78 is 6.94. The maximum absolute atomic E-state index is 5.81. The first-order valence-corrected chi connectivity index (χ1v) is 6.75. The van der Waals surface area contributed by atoms with Crippen molar-refractivity contribution in [3.8, 4) is 0 Å². The number of halogens is 1. The molecule has 96 valence electrons. The van der Waals surface area contributed by atoms with Gasteiger partial charge in [0.15, 0.2) is 0 Å². The summed E-state index contributed by atoms with van der Waals surface area (Å²) in [4.78, 5) is 0. The predicted molar refractivity (Wildman–Crippen MR) is 76.4 cm³/mol. The van der Waals surface area contributed by atoms with Gasteiger partial charge in [-0.3, -0.25) is 0 Å². The van der Waals surface area contributed by atoms with Gasteiger partial charge in [0.2, 0.25) is 0 Å². The molecule has 1 N–H and O–H groups in total. The Morgan fingerprint density at radius 1 is 1.35 bits per heavy atom. The fourth-order valence-corrected chi connectivity index (χ4v) is 1.99. The van der Waals surface area contributed by atoms with E-state index in [0.717, 1.165) is 17.5 Å². The molecule has 0 aliphatic rings. The standard InChI is InChI=1S/C14H22BrNO/c1-14(2,3)17-10-13(16-4)9-11-6-5-7-12(15)8-11/h5-8,13,16H,9-10H2,1-4H3. The second-order valence-corrected chi connectivity index (χ2v) is 6.16. The summed E-state index contributed by atoms with van der Waals surface area (Å²) in [5, 5.41) is 3.30. The van der Waals surface area contributed by atoms with Crippen LogP contribution >= 0.6 is 15.9 Å². The van der Waals surface area contributed by atoms with Crippen molar-refractivity contribution in [2.75, 3.05) is 13.7 Å². The second kappa shape index (κ2) is 6.53.